The Bertz CT molecular complexity index is 143. The van der Waals surface area contributed by atoms with Crippen molar-refractivity contribution in [3.8, 4) is 0 Å². The highest BCUT2D eigenvalue weighted by Gasteiger charge is 2.24. The molecule has 0 bridgehead atoms. The van der Waals surface area contributed by atoms with Crippen molar-refractivity contribution in [2.24, 2.45) is 5.73 Å². The lowest BCUT2D eigenvalue weighted by atomic mass is 10.1. The Balaban J connectivity index is 0. The molecule has 0 aliphatic heterocycles. The van der Waals surface area contributed by atoms with Gasteiger partial charge in [-0.05, 0) is 20.8 Å². The van der Waals surface area contributed by atoms with Crippen LogP contribution in [0.4, 0.5) is 4.79 Å². The van der Waals surface area contributed by atoms with Crippen LogP contribution in [0.2, 0.25) is 0 Å². The Morgan fingerprint density at radius 1 is 1.38 bits per heavy atom. The van der Waals surface area contributed by atoms with E-state index in [1.807, 2.05) is 20.8 Å². The summed E-state index contributed by atoms with van der Waals surface area (Å²) in [5, 5.41) is 15.7. The maximum absolute atomic E-state index is 10.6. The van der Waals surface area contributed by atoms with Gasteiger partial charge in [-0.3, -0.25) is 0 Å². The molecule has 0 saturated heterocycles. The zero-order valence-electron chi connectivity index (χ0n) is 8.74. The van der Waals surface area contributed by atoms with Crippen LogP contribution in [0.15, 0.2) is 0 Å². The van der Waals surface area contributed by atoms with Crippen LogP contribution >= 0.6 is 0 Å². The second kappa shape index (κ2) is 6.68. The molecule has 5 nitrogen and oxygen atoms in total. The largest absolute Gasteiger partial charge is 0.465 e. The summed E-state index contributed by atoms with van der Waals surface area (Å²) in [7, 11) is 1.00. The Morgan fingerprint density at radius 2 is 1.77 bits per heavy atom. The first-order chi connectivity index (χ1) is 5.89. The molecule has 0 atom stereocenters. The van der Waals surface area contributed by atoms with E-state index in [4.69, 9.17) is 15.9 Å². The topological polar surface area (TPSA) is 86.8 Å². The van der Waals surface area contributed by atoms with E-state index in [2.05, 4.69) is 0 Å². The van der Waals surface area contributed by atoms with E-state index >= 15 is 0 Å². The molecule has 1 amide bonds. The molecule has 0 rings (SSSR count). The minimum Gasteiger partial charge on any atom is -0.465 e. The second-order valence-corrected chi connectivity index (χ2v) is 3.39. The van der Waals surface area contributed by atoms with Crippen LogP contribution in [0.5, 0.6) is 0 Å². The van der Waals surface area contributed by atoms with Gasteiger partial charge in [-0.25, -0.2) is 4.79 Å². The molecule has 0 unspecified atom stereocenters. The van der Waals surface area contributed by atoms with E-state index in [0.717, 1.165) is 7.11 Å². The monoisotopic (exact) mass is 192 g/mol. The van der Waals surface area contributed by atoms with Crippen LogP contribution in [0, 0.1) is 0 Å². The summed E-state index contributed by atoms with van der Waals surface area (Å²) < 4.78 is 0. The first kappa shape index (κ1) is 14.7. The fraction of sp³-hybridized carbons (Fsp3) is 0.875. The van der Waals surface area contributed by atoms with E-state index in [1.165, 1.54) is 4.90 Å². The number of rotatable bonds is 2. The van der Waals surface area contributed by atoms with Crippen LogP contribution in [0.3, 0.4) is 0 Å². The smallest absolute Gasteiger partial charge is 0.407 e. The first-order valence-corrected chi connectivity index (χ1v) is 4.05. The average Bonchev–Trinajstić information content (AvgIpc) is 2.01. The van der Waals surface area contributed by atoms with Crippen LogP contribution in [-0.4, -0.2) is 46.9 Å². The average molecular weight is 192 g/mol. The van der Waals surface area contributed by atoms with Gasteiger partial charge in [0.25, 0.3) is 0 Å². The van der Waals surface area contributed by atoms with Crippen molar-refractivity contribution in [1.82, 2.24) is 4.90 Å². The third-order valence-electron chi connectivity index (χ3n) is 1.39. The highest BCUT2D eigenvalue weighted by molar-refractivity contribution is 5.65. The summed E-state index contributed by atoms with van der Waals surface area (Å²) in [6.45, 7) is 6.28. The van der Waals surface area contributed by atoms with Crippen molar-refractivity contribution in [3.05, 3.63) is 0 Å². The highest BCUT2D eigenvalue weighted by atomic mass is 16.4. The van der Waals surface area contributed by atoms with Gasteiger partial charge in [0.1, 0.15) is 0 Å². The fourth-order valence-electron chi connectivity index (χ4n) is 0.847. The lowest BCUT2D eigenvalue weighted by molar-refractivity contribution is 0.102. The molecule has 0 heterocycles. The molecule has 0 aromatic heterocycles. The SMILES string of the molecule is CC(C)(C)N(CCN)C(=O)O.CO. The fourth-order valence-corrected chi connectivity index (χ4v) is 0.847. The standard InChI is InChI=1S/C7H16N2O2.CH4O/c1-7(2,3)9(5-4-8)6(10)11;1-2/h4-5,8H2,1-3H3,(H,10,11);2H,1H3. The number of carboxylic acid groups (broad SMARTS) is 1. The Labute approximate surface area is 79.1 Å². The number of hydrogen-bond acceptors (Lipinski definition) is 3. The van der Waals surface area contributed by atoms with Crippen molar-refractivity contribution in [2.75, 3.05) is 20.2 Å². The number of aliphatic hydroxyl groups is 1. The van der Waals surface area contributed by atoms with Gasteiger partial charge >= 0.3 is 6.09 Å². The molecule has 0 aliphatic carbocycles. The Hall–Kier alpha value is -0.810. The molecule has 4 N–H and O–H groups in total. The summed E-state index contributed by atoms with van der Waals surface area (Å²) in [6, 6.07) is 0. The van der Waals surface area contributed by atoms with Gasteiger partial charge in [0.05, 0.1) is 0 Å². The van der Waals surface area contributed by atoms with Crippen molar-refractivity contribution in [1.29, 1.82) is 0 Å². The van der Waals surface area contributed by atoms with Gasteiger partial charge in [0.15, 0.2) is 0 Å². The van der Waals surface area contributed by atoms with Crippen LogP contribution < -0.4 is 5.73 Å². The summed E-state index contributed by atoms with van der Waals surface area (Å²) in [5.41, 5.74) is 4.90. The molecule has 0 saturated carbocycles. The van der Waals surface area contributed by atoms with Gasteiger partial charge in [0, 0.05) is 25.7 Å². The molecule has 0 aromatic rings. The van der Waals surface area contributed by atoms with Crippen molar-refractivity contribution >= 4 is 6.09 Å². The number of hydrogen-bond donors (Lipinski definition) is 3. The van der Waals surface area contributed by atoms with E-state index in [0.29, 0.717) is 13.1 Å². The first-order valence-electron chi connectivity index (χ1n) is 4.05. The highest BCUT2D eigenvalue weighted by Crippen LogP contribution is 2.11. The second-order valence-electron chi connectivity index (χ2n) is 3.39. The third kappa shape index (κ3) is 6.36. The molecule has 5 heteroatoms. The molecule has 80 valence electrons. The van der Waals surface area contributed by atoms with E-state index in [9.17, 15) is 4.79 Å². The lowest BCUT2D eigenvalue weighted by Crippen LogP contribution is -2.47. The van der Waals surface area contributed by atoms with E-state index < -0.39 is 6.09 Å². The number of aliphatic hydroxyl groups excluding tert-OH is 1. The van der Waals surface area contributed by atoms with Crippen LogP contribution in [-0.2, 0) is 0 Å². The molecule has 0 fully saturated rings. The quantitative estimate of drug-likeness (QED) is 0.588. The molecular formula is C8H20N2O3. The minimum absolute atomic E-state index is 0.356. The summed E-state index contributed by atoms with van der Waals surface area (Å²) >= 11 is 0. The van der Waals surface area contributed by atoms with Crippen LogP contribution in [0.25, 0.3) is 0 Å². The van der Waals surface area contributed by atoms with Gasteiger partial charge < -0.3 is 20.8 Å². The Morgan fingerprint density at radius 3 is 1.85 bits per heavy atom. The number of nitrogens with two attached hydrogens (primary N) is 1. The normalized spacial score (nSPS) is 10.0. The van der Waals surface area contributed by atoms with Crippen LogP contribution in [0.1, 0.15) is 20.8 Å². The van der Waals surface area contributed by atoms with Crippen molar-refractivity contribution < 1.29 is 15.0 Å². The maximum atomic E-state index is 10.6. The number of nitrogens with zero attached hydrogens (tertiary/aromatic N) is 1. The maximum Gasteiger partial charge on any atom is 0.407 e. The van der Waals surface area contributed by atoms with Crippen molar-refractivity contribution in [2.45, 2.75) is 26.3 Å². The zero-order chi connectivity index (χ0) is 11.1. The minimum atomic E-state index is -0.914. The third-order valence-corrected chi connectivity index (χ3v) is 1.39. The van der Waals surface area contributed by atoms with Gasteiger partial charge in [-0.2, -0.15) is 0 Å². The van der Waals surface area contributed by atoms with Gasteiger partial charge in [-0.15, -0.1) is 0 Å². The Kier molecular flexibility index (Phi) is 7.55. The molecule has 0 aliphatic rings. The molecule has 0 radical (unpaired) electrons. The molecule has 0 spiro atoms. The van der Waals surface area contributed by atoms with Gasteiger partial charge in [0.2, 0.25) is 0 Å². The van der Waals surface area contributed by atoms with E-state index in [1.54, 1.807) is 0 Å². The lowest BCUT2D eigenvalue weighted by Gasteiger charge is -2.32. The van der Waals surface area contributed by atoms with Gasteiger partial charge in [-0.1, -0.05) is 0 Å². The zero-order valence-corrected chi connectivity index (χ0v) is 8.74. The molecule has 0 aromatic carbocycles. The van der Waals surface area contributed by atoms with Crippen molar-refractivity contribution in [3.63, 3.8) is 0 Å². The number of carbonyl (C=O) groups is 1. The summed E-state index contributed by atoms with van der Waals surface area (Å²) in [5.74, 6) is 0. The predicted octanol–water partition coefficient (Wildman–Crippen LogP) is 0.332. The molecular weight excluding hydrogens is 172 g/mol. The molecule has 13 heavy (non-hydrogen) atoms. The predicted molar refractivity (Wildman–Crippen MR) is 51.7 cm³/mol. The summed E-state index contributed by atoms with van der Waals surface area (Å²) in [6.07, 6.45) is -0.914. The van der Waals surface area contributed by atoms with E-state index in [-0.39, 0.29) is 5.54 Å². The number of amides is 1. The summed E-state index contributed by atoms with van der Waals surface area (Å²) in [4.78, 5) is 11.9.